The second-order valence-corrected chi connectivity index (χ2v) is 6.93. The van der Waals surface area contributed by atoms with E-state index < -0.39 is 11.7 Å². The molecule has 8 heteroatoms. The zero-order valence-electron chi connectivity index (χ0n) is 14.2. The van der Waals surface area contributed by atoms with Crippen molar-refractivity contribution in [2.45, 2.75) is 39.3 Å². The van der Waals surface area contributed by atoms with Gasteiger partial charge in [-0.15, -0.1) is 0 Å². The molecule has 0 aliphatic carbocycles. The molecular weight excluding hydrogens is 351 g/mol. The van der Waals surface area contributed by atoms with Crippen LogP contribution in [-0.4, -0.2) is 24.1 Å². The van der Waals surface area contributed by atoms with Crippen LogP contribution < -0.4 is 15.5 Å². The van der Waals surface area contributed by atoms with Gasteiger partial charge in [0.2, 0.25) is 5.91 Å². The van der Waals surface area contributed by atoms with Crippen LogP contribution in [0.15, 0.2) is 18.2 Å². The van der Waals surface area contributed by atoms with E-state index in [9.17, 15) is 18.0 Å². The fourth-order valence-electron chi connectivity index (χ4n) is 2.75. The van der Waals surface area contributed by atoms with Crippen LogP contribution in [0.3, 0.4) is 0 Å². The third kappa shape index (κ3) is 5.59. The zero-order chi connectivity index (χ0) is 18.6. The van der Waals surface area contributed by atoms with Gasteiger partial charge in [-0.3, -0.25) is 4.79 Å². The van der Waals surface area contributed by atoms with Gasteiger partial charge in [-0.05, 0) is 49.2 Å². The highest BCUT2D eigenvalue weighted by Crippen LogP contribution is 2.36. The van der Waals surface area contributed by atoms with E-state index in [-0.39, 0.29) is 22.6 Å². The molecule has 1 heterocycles. The predicted octanol–water partition coefficient (Wildman–Crippen LogP) is 4.16. The maximum atomic E-state index is 13.0. The summed E-state index contributed by atoms with van der Waals surface area (Å²) in [5, 5.41) is 5.28. The maximum absolute atomic E-state index is 13.0. The molecule has 0 spiro atoms. The molecule has 25 heavy (non-hydrogen) atoms. The van der Waals surface area contributed by atoms with Gasteiger partial charge < -0.3 is 15.5 Å². The van der Waals surface area contributed by atoms with Gasteiger partial charge in [-0.25, -0.2) is 0 Å². The summed E-state index contributed by atoms with van der Waals surface area (Å²) in [4.78, 5) is 13.8. The van der Waals surface area contributed by atoms with Gasteiger partial charge in [0.25, 0.3) is 0 Å². The molecular formula is C17H22F3N3OS. The molecule has 1 aromatic carbocycles. The van der Waals surface area contributed by atoms with Crippen molar-refractivity contribution in [3.8, 4) is 0 Å². The van der Waals surface area contributed by atoms with Crippen LogP contribution in [0.1, 0.15) is 38.7 Å². The minimum Gasteiger partial charge on any atom is -0.370 e. The van der Waals surface area contributed by atoms with Crippen LogP contribution in [0.25, 0.3) is 0 Å². The lowest BCUT2D eigenvalue weighted by Gasteiger charge is -2.23. The Morgan fingerprint density at radius 2 is 1.92 bits per heavy atom. The molecule has 0 atom stereocenters. The van der Waals surface area contributed by atoms with Crippen LogP contribution >= 0.6 is 12.2 Å². The maximum Gasteiger partial charge on any atom is 0.416 e. The number of rotatable bonds is 4. The lowest BCUT2D eigenvalue weighted by atomic mass is 10.1. The Labute approximate surface area is 150 Å². The van der Waals surface area contributed by atoms with E-state index in [0.717, 1.165) is 38.1 Å². The predicted molar refractivity (Wildman–Crippen MR) is 96.7 cm³/mol. The first-order valence-electron chi connectivity index (χ1n) is 8.24. The monoisotopic (exact) mass is 373 g/mol. The average molecular weight is 373 g/mol. The van der Waals surface area contributed by atoms with Crippen molar-refractivity contribution in [2.75, 3.05) is 23.3 Å². The Kier molecular flexibility index (Phi) is 6.26. The number of halogens is 3. The Balaban J connectivity index is 2.20. The number of hydrogen-bond acceptors (Lipinski definition) is 3. The summed E-state index contributed by atoms with van der Waals surface area (Å²) < 4.78 is 39.1. The third-order valence-corrected chi connectivity index (χ3v) is 4.07. The molecule has 1 fully saturated rings. The van der Waals surface area contributed by atoms with Gasteiger partial charge >= 0.3 is 6.18 Å². The molecule has 0 radical (unpaired) electrons. The highest BCUT2D eigenvalue weighted by atomic mass is 32.1. The van der Waals surface area contributed by atoms with Crippen molar-refractivity contribution in [1.29, 1.82) is 0 Å². The van der Waals surface area contributed by atoms with Crippen LogP contribution in [0, 0.1) is 5.92 Å². The molecule has 1 aromatic rings. The molecule has 138 valence electrons. The number of hydrogen-bond donors (Lipinski definition) is 2. The molecule has 0 unspecified atom stereocenters. The second kappa shape index (κ2) is 8.03. The van der Waals surface area contributed by atoms with Crippen LogP contribution in [0.2, 0.25) is 0 Å². The standard InChI is InChI=1S/C17H22F3N3OS/c1-11(2)9-15(24)22-16(25)21-13-10-12(17(18,19)20)5-6-14(13)23-7-3-4-8-23/h5-6,10-11H,3-4,7-9H2,1-2H3,(H2,21,22,24,25). The van der Waals surface area contributed by atoms with E-state index in [0.29, 0.717) is 12.1 Å². The largest absolute Gasteiger partial charge is 0.416 e. The summed E-state index contributed by atoms with van der Waals surface area (Å²) in [5.74, 6) is -0.0984. The molecule has 0 saturated carbocycles. The van der Waals surface area contributed by atoms with E-state index in [1.807, 2.05) is 18.7 Å². The molecule has 1 aliphatic rings. The highest BCUT2D eigenvalue weighted by Gasteiger charge is 2.31. The Bertz CT molecular complexity index is 641. The Morgan fingerprint density at radius 1 is 1.28 bits per heavy atom. The van der Waals surface area contributed by atoms with E-state index in [1.54, 1.807) is 0 Å². The number of nitrogens with zero attached hydrogens (tertiary/aromatic N) is 1. The number of nitrogens with one attached hydrogen (secondary N) is 2. The fourth-order valence-corrected chi connectivity index (χ4v) is 2.97. The summed E-state index contributed by atoms with van der Waals surface area (Å²) in [6, 6.07) is 3.56. The van der Waals surface area contributed by atoms with Gasteiger partial charge in [-0.2, -0.15) is 13.2 Å². The zero-order valence-corrected chi connectivity index (χ0v) is 15.1. The summed E-state index contributed by atoms with van der Waals surface area (Å²) >= 11 is 5.09. The molecule has 4 nitrogen and oxygen atoms in total. The first kappa shape index (κ1) is 19.5. The van der Waals surface area contributed by atoms with Crippen molar-refractivity contribution in [1.82, 2.24) is 5.32 Å². The minimum atomic E-state index is -4.44. The van der Waals surface area contributed by atoms with Crippen LogP contribution in [0.5, 0.6) is 0 Å². The van der Waals surface area contributed by atoms with Crippen molar-refractivity contribution in [2.24, 2.45) is 5.92 Å². The average Bonchev–Trinajstić information content (AvgIpc) is 2.98. The molecule has 1 amide bonds. The summed E-state index contributed by atoms with van der Waals surface area (Å²) in [7, 11) is 0. The SMILES string of the molecule is CC(C)CC(=O)NC(=S)Nc1cc(C(F)(F)F)ccc1N1CCCC1. The first-order chi connectivity index (χ1) is 11.7. The molecule has 0 bridgehead atoms. The molecule has 2 rings (SSSR count). The lowest BCUT2D eigenvalue weighted by molar-refractivity contribution is -0.137. The van der Waals surface area contributed by atoms with E-state index in [4.69, 9.17) is 12.2 Å². The minimum absolute atomic E-state index is 0.00502. The third-order valence-electron chi connectivity index (χ3n) is 3.87. The molecule has 1 aliphatic heterocycles. The van der Waals surface area contributed by atoms with Gasteiger partial charge in [0, 0.05) is 19.5 Å². The Morgan fingerprint density at radius 3 is 2.48 bits per heavy atom. The van der Waals surface area contributed by atoms with Gasteiger partial charge in [0.1, 0.15) is 0 Å². The fraction of sp³-hybridized carbons (Fsp3) is 0.529. The lowest BCUT2D eigenvalue weighted by Crippen LogP contribution is -2.35. The van der Waals surface area contributed by atoms with Gasteiger partial charge in [0.05, 0.1) is 16.9 Å². The quantitative estimate of drug-likeness (QED) is 0.778. The van der Waals surface area contributed by atoms with E-state index in [1.165, 1.54) is 6.07 Å². The topological polar surface area (TPSA) is 44.4 Å². The van der Waals surface area contributed by atoms with Crippen LogP contribution in [0.4, 0.5) is 24.5 Å². The van der Waals surface area contributed by atoms with Crippen LogP contribution in [-0.2, 0) is 11.0 Å². The number of anilines is 2. The summed E-state index contributed by atoms with van der Waals surface area (Å²) in [5.41, 5.74) is 0.159. The number of carbonyl (C=O) groups is 1. The molecule has 1 saturated heterocycles. The number of amides is 1. The summed E-state index contributed by atoms with van der Waals surface area (Å²) in [6.45, 7) is 5.36. The first-order valence-corrected chi connectivity index (χ1v) is 8.64. The molecule has 0 aromatic heterocycles. The normalized spacial score (nSPS) is 14.7. The van der Waals surface area contributed by atoms with Gasteiger partial charge in [-0.1, -0.05) is 13.8 Å². The summed E-state index contributed by atoms with van der Waals surface area (Å²) in [6.07, 6.45) is -2.15. The van der Waals surface area contributed by atoms with Gasteiger partial charge in [0.15, 0.2) is 5.11 Å². The van der Waals surface area contributed by atoms with E-state index in [2.05, 4.69) is 10.6 Å². The second-order valence-electron chi connectivity index (χ2n) is 6.52. The van der Waals surface area contributed by atoms with Crippen molar-refractivity contribution < 1.29 is 18.0 Å². The number of carbonyl (C=O) groups excluding carboxylic acids is 1. The smallest absolute Gasteiger partial charge is 0.370 e. The number of alkyl halides is 3. The van der Waals surface area contributed by atoms with Crippen molar-refractivity contribution in [3.63, 3.8) is 0 Å². The number of benzene rings is 1. The van der Waals surface area contributed by atoms with Crippen molar-refractivity contribution >= 4 is 34.6 Å². The Hall–Kier alpha value is -1.83. The number of thiocarbonyl (C=S) groups is 1. The highest BCUT2D eigenvalue weighted by molar-refractivity contribution is 7.80. The molecule has 2 N–H and O–H groups in total. The van der Waals surface area contributed by atoms with Crippen molar-refractivity contribution in [3.05, 3.63) is 23.8 Å². The van der Waals surface area contributed by atoms with E-state index >= 15 is 0 Å².